The molecule has 0 saturated carbocycles. The maximum atomic E-state index is 13.5. The molecule has 0 radical (unpaired) electrons. The number of fused-ring (bicyclic) bond motifs is 1. The quantitative estimate of drug-likeness (QED) is 0.316. The van der Waals surface area contributed by atoms with E-state index in [0.29, 0.717) is 26.2 Å². The Morgan fingerprint density at radius 3 is 2.29 bits per heavy atom. The normalized spacial score (nSPS) is 14.4. The summed E-state index contributed by atoms with van der Waals surface area (Å²) in [5, 5.41) is 12.0. The minimum atomic E-state index is -0.367. The van der Waals surface area contributed by atoms with Gasteiger partial charge in [-0.2, -0.15) is 0 Å². The van der Waals surface area contributed by atoms with Crippen molar-refractivity contribution in [3.63, 3.8) is 0 Å². The van der Waals surface area contributed by atoms with E-state index in [1.165, 1.54) is 11.6 Å². The van der Waals surface area contributed by atoms with Crippen LogP contribution in [0.2, 0.25) is 0 Å². The highest BCUT2D eigenvalue weighted by Crippen LogP contribution is 2.25. The second-order valence-electron chi connectivity index (χ2n) is 8.67. The number of amides is 1. The predicted molar refractivity (Wildman–Crippen MR) is 132 cm³/mol. The van der Waals surface area contributed by atoms with E-state index in [4.69, 9.17) is 0 Å². The predicted octanol–water partition coefficient (Wildman–Crippen LogP) is 4.56. The first kappa shape index (κ1) is 21.9. The third-order valence-electron chi connectivity index (χ3n) is 6.40. The number of piperazine rings is 1. The number of para-hydroxylation sites is 1. The van der Waals surface area contributed by atoms with E-state index in [2.05, 4.69) is 27.7 Å². The van der Waals surface area contributed by atoms with Crippen molar-refractivity contribution in [3.05, 3.63) is 112 Å². The highest BCUT2D eigenvalue weighted by atomic mass is 16.6. The first-order chi connectivity index (χ1) is 16.6. The lowest BCUT2D eigenvalue weighted by Gasteiger charge is -2.34. The number of benzene rings is 3. The Labute approximate surface area is 198 Å². The molecule has 34 heavy (non-hydrogen) atoms. The van der Waals surface area contributed by atoms with Crippen molar-refractivity contribution < 1.29 is 9.72 Å². The van der Waals surface area contributed by atoms with Gasteiger partial charge >= 0.3 is 0 Å². The first-order valence-corrected chi connectivity index (χ1v) is 11.5. The summed E-state index contributed by atoms with van der Waals surface area (Å²) in [6, 6.07) is 25.1. The third-order valence-corrected chi connectivity index (χ3v) is 6.40. The lowest BCUT2D eigenvalue weighted by atomic mass is 10.1. The SMILES string of the molecule is O=C(c1cn(Cc2ccccc2)c2ccccc12)N1CCN(Cc2cccc([N+](=O)[O-])c2)CC1. The van der Waals surface area contributed by atoms with Gasteiger partial charge in [-0.3, -0.25) is 19.8 Å². The monoisotopic (exact) mass is 454 g/mol. The smallest absolute Gasteiger partial charge is 0.269 e. The summed E-state index contributed by atoms with van der Waals surface area (Å²) in [6.45, 7) is 4.08. The highest BCUT2D eigenvalue weighted by Gasteiger charge is 2.25. The van der Waals surface area contributed by atoms with E-state index in [-0.39, 0.29) is 16.5 Å². The van der Waals surface area contributed by atoms with E-state index in [1.54, 1.807) is 12.1 Å². The van der Waals surface area contributed by atoms with Crippen molar-refractivity contribution >= 4 is 22.5 Å². The molecule has 0 spiro atoms. The van der Waals surface area contributed by atoms with Crippen LogP contribution in [0.4, 0.5) is 5.69 Å². The maximum Gasteiger partial charge on any atom is 0.269 e. The molecule has 0 unspecified atom stereocenters. The summed E-state index contributed by atoms with van der Waals surface area (Å²) in [5.41, 5.74) is 4.01. The standard InChI is InChI=1S/C27H26N4O3/c32-27(29-15-13-28(14-16-29)18-22-9-6-10-23(17-22)31(33)34)25-20-30(19-21-7-2-1-3-8-21)26-12-5-4-11-24(25)26/h1-12,17,20H,13-16,18-19H2. The Kier molecular flexibility index (Phi) is 6.10. The van der Waals surface area contributed by atoms with Gasteiger partial charge in [-0.1, -0.05) is 60.7 Å². The Morgan fingerprint density at radius 1 is 0.824 bits per heavy atom. The second kappa shape index (κ2) is 9.49. The van der Waals surface area contributed by atoms with Crippen molar-refractivity contribution in [3.8, 4) is 0 Å². The van der Waals surface area contributed by atoms with Crippen LogP contribution in [-0.4, -0.2) is 51.4 Å². The molecule has 0 bridgehead atoms. The Bertz CT molecular complexity index is 1320. The molecule has 7 heteroatoms. The van der Waals surface area contributed by atoms with Gasteiger partial charge in [-0.05, 0) is 17.2 Å². The lowest BCUT2D eigenvalue weighted by molar-refractivity contribution is -0.384. The molecule has 0 aliphatic carbocycles. The number of carbonyl (C=O) groups is 1. The lowest BCUT2D eigenvalue weighted by Crippen LogP contribution is -2.48. The molecule has 0 atom stereocenters. The number of carbonyl (C=O) groups excluding carboxylic acids is 1. The zero-order valence-corrected chi connectivity index (χ0v) is 18.8. The van der Waals surface area contributed by atoms with Crippen LogP contribution < -0.4 is 0 Å². The number of rotatable bonds is 6. The van der Waals surface area contributed by atoms with Crippen molar-refractivity contribution in [2.75, 3.05) is 26.2 Å². The van der Waals surface area contributed by atoms with Gasteiger partial charge in [0.1, 0.15) is 0 Å². The number of hydrogen-bond acceptors (Lipinski definition) is 4. The maximum absolute atomic E-state index is 13.5. The van der Waals surface area contributed by atoms with Crippen LogP contribution in [-0.2, 0) is 13.1 Å². The molecule has 4 aromatic rings. The summed E-state index contributed by atoms with van der Waals surface area (Å²) >= 11 is 0. The van der Waals surface area contributed by atoms with Crippen molar-refractivity contribution in [2.45, 2.75) is 13.1 Å². The number of nitrogens with zero attached hydrogens (tertiary/aromatic N) is 4. The molecule has 1 aromatic heterocycles. The molecule has 1 fully saturated rings. The van der Waals surface area contributed by atoms with Gasteiger partial charge in [0.05, 0.1) is 10.5 Å². The van der Waals surface area contributed by atoms with Crippen LogP contribution in [0.5, 0.6) is 0 Å². The molecule has 1 aliphatic rings. The van der Waals surface area contributed by atoms with Crippen LogP contribution in [0.15, 0.2) is 85.1 Å². The molecule has 5 rings (SSSR count). The fourth-order valence-electron chi connectivity index (χ4n) is 4.63. The van der Waals surface area contributed by atoms with E-state index < -0.39 is 0 Å². The number of hydrogen-bond donors (Lipinski definition) is 0. The van der Waals surface area contributed by atoms with Crippen LogP contribution in [0.25, 0.3) is 10.9 Å². The fourth-order valence-corrected chi connectivity index (χ4v) is 4.63. The molecule has 2 heterocycles. The molecule has 1 saturated heterocycles. The summed E-state index contributed by atoms with van der Waals surface area (Å²) in [6.07, 6.45) is 1.98. The second-order valence-corrected chi connectivity index (χ2v) is 8.67. The molecule has 7 nitrogen and oxygen atoms in total. The van der Waals surface area contributed by atoms with Gasteiger partial charge in [-0.15, -0.1) is 0 Å². The summed E-state index contributed by atoms with van der Waals surface area (Å²) in [5.74, 6) is 0.0537. The van der Waals surface area contributed by atoms with Gasteiger partial charge in [0.2, 0.25) is 0 Å². The Morgan fingerprint density at radius 2 is 1.53 bits per heavy atom. The number of non-ortho nitro benzene ring substituents is 1. The van der Waals surface area contributed by atoms with E-state index >= 15 is 0 Å². The largest absolute Gasteiger partial charge is 0.342 e. The van der Waals surface area contributed by atoms with Crippen LogP contribution in [0, 0.1) is 10.1 Å². The van der Waals surface area contributed by atoms with Gasteiger partial charge < -0.3 is 9.47 Å². The zero-order valence-electron chi connectivity index (χ0n) is 18.8. The average molecular weight is 455 g/mol. The first-order valence-electron chi connectivity index (χ1n) is 11.5. The number of aromatic nitrogens is 1. The van der Waals surface area contributed by atoms with E-state index in [9.17, 15) is 14.9 Å². The summed E-state index contributed by atoms with van der Waals surface area (Å²) < 4.78 is 2.15. The van der Waals surface area contributed by atoms with Crippen molar-refractivity contribution in [1.82, 2.24) is 14.4 Å². The Balaban J connectivity index is 1.29. The Hall–Kier alpha value is -3.97. The summed E-state index contributed by atoms with van der Waals surface area (Å²) in [7, 11) is 0. The third kappa shape index (κ3) is 4.56. The summed E-state index contributed by atoms with van der Waals surface area (Å²) in [4.78, 5) is 28.3. The molecule has 3 aromatic carbocycles. The molecule has 1 amide bonds. The molecular formula is C27H26N4O3. The molecule has 0 N–H and O–H groups in total. The van der Waals surface area contributed by atoms with E-state index in [0.717, 1.165) is 35.1 Å². The minimum Gasteiger partial charge on any atom is -0.342 e. The van der Waals surface area contributed by atoms with Gasteiger partial charge in [0.25, 0.3) is 11.6 Å². The minimum absolute atomic E-state index is 0.0537. The van der Waals surface area contributed by atoms with Crippen molar-refractivity contribution in [1.29, 1.82) is 0 Å². The molecular weight excluding hydrogens is 428 g/mol. The van der Waals surface area contributed by atoms with Gasteiger partial charge in [0, 0.05) is 68.5 Å². The van der Waals surface area contributed by atoms with Crippen LogP contribution >= 0.6 is 0 Å². The zero-order chi connectivity index (χ0) is 23.5. The number of nitro benzene ring substituents is 1. The molecule has 1 aliphatic heterocycles. The molecule has 172 valence electrons. The van der Waals surface area contributed by atoms with E-state index in [1.807, 2.05) is 53.6 Å². The average Bonchev–Trinajstić information content (AvgIpc) is 3.23. The topological polar surface area (TPSA) is 71.6 Å². The number of nitro groups is 1. The van der Waals surface area contributed by atoms with Crippen LogP contribution in [0.1, 0.15) is 21.5 Å². The highest BCUT2D eigenvalue weighted by molar-refractivity contribution is 6.07. The van der Waals surface area contributed by atoms with Gasteiger partial charge in [0.15, 0.2) is 0 Å². The fraction of sp³-hybridized carbons (Fsp3) is 0.222. The van der Waals surface area contributed by atoms with Crippen molar-refractivity contribution in [2.24, 2.45) is 0 Å². The van der Waals surface area contributed by atoms with Gasteiger partial charge in [-0.25, -0.2) is 0 Å². The van der Waals surface area contributed by atoms with Crippen LogP contribution in [0.3, 0.4) is 0 Å².